The second-order valence-corrected chi connectivity index (χ2v) is 3.68. The molecule has 0 aromatic heterocycles. The summed E-state index contributed by atoms with van der Waals surface area (Å²) in [5.41, 5.74) is 3.09. The van der Waals surface area contributed by atoms with Crippen molar-refractivity contribution < 1.29 is 9.90 Å². The maximum Gasteiger partial charge on any atom is 0.217 e. The summed E-state index contributed by atoms with van der Waals surface area (Å²) in [4.78, 5) is 10.6. The van der Waals surface area contributed by atoms with E-state index in [0.29, 0.717) is 6.54 Å². The number of carbonyl (C=O) groups excluding carboxylic acids is 1. The normalized spacial score (nSPS) is 10.7. The molecule has 0 saturated heterocycles. The number of hydrogen-bond acceptors (Lipinski definition) is 2. The fourth-order valence-electron chi connectivity index (χ4n) is 1.40. The molecular formula is C13H17NO2. The SMILES string of the molecule is CC(=O)NCC=Cc1ccc(CO)c(C)c1. The molecule has 0 aliphatic carbocycles. The van der Waals surface area contributed by atoms with E-state index in [1.54, 1.807) is 0 Å². The Morgan fingerprint density at radius 1 is 1.50 bits per heavy atom. The lowest BCUT2D eigenvalue weighted by Crippen LogP contribution is -2.19. The Balaban J connectivity index is 2.61. The number of benzene rings is 1. The van der Waals surface area contributed by atoms with E-state index in [0.717, 1.165) is 16.7 Å². The largest absolute Gasteiger partial charge is 0.392 e. The Morgan fingerprint density at radius 3 is 2.81 bits per heavy atom. The zero-order valence-corrected chi connectivity index (χ0v) is 9.66. The minimum atomic E-state index is -0.0311. The Hall–Kier alpha value is -1.61. The molecule has 16 heavy (non-hydrogen) atoms. The van der Waals surface area contributed by atoms with Gasteiger partial charge in [0.1, 0.15) is 0 Å². The van der Waals surface area contributed by atoms with Crippen molar-refractivity contribution in [3.63, 3.8) is 0 Å². The summed E-state index contributed by atoms with van der Waals surface area (Å²) in [7, 11) is 0. The van der Waals surface area contributed by atoms with E-state index in [9.17, 15) is 4.79 Å². The first kappa shape index (κ1) is 12.5. The van der Waals surface area contributed by atoms with Crippen LogP contribution in [0.25, 0.3) is 6.08 Å². The molecule has 0 radical (unpaired) electrons. The van der Waals surface area contributed by atoms with Crippen molar-refractivity contribution >= 4 is 12.0 Å². The number of carbonyl (C=O) groups is 1. The van der Waals surface area contributed by atoms with E-state index in [2.05, 4.69) is 5.32 Å². The minimum Gasteiger partial charge on any atom is -0.392 e. The molecule has 0 heterocycles. The predicted octanol–water partition coefficient (Wildman–Crippen LogP) is 1.64. The lowest BCUT2D eigenvalue weighted by Gasteiger charge is -2.03. The second kappa shape index (κ2) is 6.08. The molecule has 0 unspecified atom stereocenters. The molecule has 0 fully saturated rings. The highest BCUT2D eigenvalue weighted by molar-refractivity contribution is 5.73. The van der Waals surface area contributed by atoms with E-state index in [4.69, 9.17) is 5.11 Å². The highest BCUT2D eigenvalue weighted by Gasteiger charge is 1.96. The summed E-state index contributed by atoms with van der Waals surface area (Å²) in [5.74, 6) is -0.0311. The van der Waals surface area contributed by atoms with Gasteiger partial charge in [0.2, 0.25) is 5.91 Å². The number of aryl methyl sites for hydroxylation is 1. The molecule has 1 amide bonds. The third-order valence-corrected chi connectivity index (χ3v) is 2.32. The van der Waals surface area contributed by atoms with Gasteiger partial charge in [-0.25, -0.2) is 0 Å². The Morgan fingerprint density at radius 2 is 2.25 bits per heavy atom. The number of rotatable bonds is 4. The van der Waals surface area contributed by atoms with Gasteiger partial charge in [-0.3, -0.25) is 4.79 Å². The zero-order chi connectivity index (χ0) is 12.0. The van der Waals surface area contributed by atoms with Crippen molar-refractivity contribution in [3.8, 4) is 0 Å². The minimum absolute atomic E-state index is 0.0311. The van der Waals surface area contributed by atoms with E-state index < -0.39 is 0 Å². The van der Waals surface area contributed by atoms with Gasteiger partial charge in [0.15, 0.2) is 0 Å². The lowest BCUT2D eigenvalue weighted by molar-refractivity contribution is -0.118. The molecular weight excluding hydrogens is 202 g/mol. The molecule has 0 bridgehead atoms. The van der Waals surface area contributed by atoms with Gasteiger partial charge in [0.25, 0.3) is 0 Å². The van der Waals surface area contributed by atoms with Gasteiger partial charge in [0, 0.05) is 13.5 Å². The van der Waals surface area contributed by atoms with Crippen molar-refractivity contribution in [3.05, 3.63) is 41.0 Å². The van der Waals surface area contributed by atoms with Crippen molar-refractivity contribution in [1.29, 1.82) is 0 Å². The van der Waals surface area contributed by atoms with Crippen LogP contribution < -0.4 is 5.32 Å². The number of aliphatic hydroxyl groups excluding tert-OH is 1. The third-order valence-electron chi connectivity index (χ3n) is 2.32. The Bertz CT molecular complexity index is 397. The average Bonchev–Trinajstić information content (AvgIpc) is 2.24. The number of amides is 1. The molecule has 0 saturated carbocycles. The first-order chi connectivity index (χ1) is 7.63. The molecule has 0 aliphatic rings. The van der Waals surface area contributed by atoms with Crippen molar-refractivity contribution in [2.45, 2.75) is 20.5 Å². The van der Waals surface area contributed by atoms with Crippen LogP contribution in [0.5, 0.6) is 0 Å². The van der Waals surface area contributed by atoms with Gasteiger partial charge < -0.3 is 10.4 Å². The van der Waals surface area contributed by atoms with Gasteiger partial charge >= 0.3 is 0 Å². The fraction of sp³-hybridized carbons (Fsp3) is 0.308. The highest BCUT2D eigenvalue weighted by Crippen LogP contribution is 2.12. The van der Waals surface area contributed by atoms with E-state index in [-0.39, 0.29) is 12.5 Å². The summed E-state index contributed by atoms with van der Waals surface area (Å²) in [6.45, 7) is 4.07. The Labute approximate surface area is 95.8 Å². The lowest BCUT2D eigenvalue weighted by atomic mass is 10.1. The van der Waals surface area contributed by atoms with Crippen LogP contribution in [0.1, 0.15) is 23.6 Å². The quantitative estimate of drug-likeness (QED) is 0.808. The molecule has 2 N–H and O–H groups in total. The molecule has 1 aromatic rings. The van der Waals surface area contributed by atoms with Crippen LogP contribution in [0.15, 0.2) is 24.3 Å². The maximum atomic E-state index is 10.6. The van der Waals surface area contributed by atoms with E-state index in [1.165, 1.54) is 6.92 Å². The van der Waals surface area contributed by atoms with Crippen LogP contribution in [-0.4, -0.2) is 17.6 Å². The molecule has 86 valence electrons. The number of aliphatic hydroxyl groups is 1. The number of hydrogen-bond donors (Lipinski definition) is 2. The molecule has 0 spiro atoms. The topological polar surface area (TPSA) is 49.3 Å². The summed E-state index contributed by atoms with van der Waals surface area (Å²) in [6, 6.07) is 5.87. The molecule has 1 aromatic carbocycles. The fourth-order valence-corrected chi connectivity index (χ4v) is 1.40. The van der Waals surface area contributed by atoms with Crippen LogP contribution in [-0.2, 0) is 11.4 Å². The third kappa shape index (κ3) is 3.87. The summed E-state index contributed by atoms with van der Waals surface area (Å²) >= 11 is 0. The highest BCUT2D eigenvalue weighted by atomic mass is 16.3. The van der Waals surface area contributed by atoms with Crippen molar-refractivity contribution in [1.82, 2.24) is 5.32 Å². The smallest absolute Gasteiger partial charge is 0.217 e. The monoisotopic (exact) mass is 219 g/mol. The van der Waals surface area contributed by atoms with E-state index >= 15 is 0 Å². The predicted molar refractivity (Wildman–Crippen MR) is 64.8 cm³/mol. The maximum absolute atomic E-state index is 10.6. The molecule has 0 atom stereocenters. The molecule has 3 heteroatoms. The van der Waals surface area contributed by atoms with Crippen LogP contribution in [0.4, 0.5) is 0 Å². The first-order valence-electron chi connectivity index (χ1n) is 5.25. The van der Waals surface area contributed by atoms with Crippen LogP contribution >= 0.6 is 0 Å². The van der Waals surface area contributed by atoms with E-state index in [1.807, 2.05) is 37.3 Å². The van der Waals surface area contributed by atoms with Gasteiger partial charge in [-0.1, -0.05) is 30.4 Å². The summed E-state index contributed by atoms with van der Waals surface area (Å²) < 4.78 is 0. The van der Waals surface area contributed by atoms with Gasteiger partial charge in [-0.15, -0.1) is 0 Å². The van der Waals surface area contributed by atoms with Gasteiger partial charge in [-0.2, -0.15) is 0 Å². The van der Waals surface area contributed by atoms with Crippen LogP contribution in [0.2, 0.25) is 0 Å². The standard InChI is InChI=1S/C13H17NO2/c1-10-8-12(5-6-13(10)9-15)4-3-7-14-11(2)16/h3-6,8,15H,7,9H2,1-2H3,(H,14,16). The zero-order valence-electron chi connectivity index (χ0n) is 9.66. The Kier molecular flexibility index (Phi) is 4.73. The summed E-state index contributed by atoms with van der Waals surface area (Å²) in [6.07, 6.45) is 3.85. The van der Waals surface area contributed by atoms with Crippen molar-refractivity contribution in [2.24, 2.45) is 0 Å². The second-order valence-electron chi connectivity index (χ2n) is 3.68. The molecule has 3 nitrogen and oxygen atoms in total. The van der Waals surface area contributed by atoms with Gasteiger partial charge in [0.05, 0.1) is 6.61 Å². The summed E-state index contributed by atoms with van der Waals surface area (Å²) in [5, 5.41) is 11.7. The average molecular weight is 219 g/mol. The van der Waals surface area contributed by atoms with Gasteiger partial charge in [-0.05, 0) is 23.6 Å². The number of nitrogens with one attached hydrogen (secondary N) is 1. The van der Waals surface area contributed by atoms with Crippen LogP contribution in [0.3, 0.4) is 0 Å². The van der Waals surface area contributed by atoms with Crippen molar-refractivity contribution in [2.75, 3.05) is 6.54 Å². The molecule has 1 rings (SSSR count). The molecule has 0 aliphatic heterocycles. The van der Waals surface area contributed by atoms with Crippen LogP contribution in [0, 0.1) is 6.92 Å². The first-order valence-corrected chi connectivity index (χ1v) is 5.25.